The van der Waals surface area contributed by atoms with Crippen LogP contribution in [0.1, 0.15) is 12.5 Å². The number of benzene rings is 2. The molecule has 0 bridgehead atoms. The average Bonchev–Trinajstić information content (AvgIpc) is 2.56. The number of rotatable bonds is 6. The maximum absolute atomic E-state index is 11.8. The van der Waals surface area contributed by atoms with E-state index in [1.165, 1.54) is 0 Å². The minimum Gasteiger partial charge on any atom is -0.445 e. The number of amides is 1. The molecule has 2 aromatic carbocycles. The molecule has 2 N–H and O–H groups in total. The molecule has 21 heavy (non-hydrogen) atoms. The van der Waals surface area contributed by atoms with Crippen molar-refractivity contribution in [2.45, 2.75) is 19.0 Å². The van der Waals surface area contributed by atoms with E-state index in [1.54, 1.807) is 24.3 Å². The largest absolute Gasteiger partial charge is 0.445 e. The number of carbonyl (C=O) groups is 1. The molecule has 0 aliphatic carbocycles. The first-order chi connectivity index (χ1) is 10.7. The van der Waals surface area contributed by atoms with Gasteiger partial charge in [-0.2, -0.15) is 0 Å². The Kier molecular flexibility index (Phi) is 5.24. The quantitative estimate of drug-likeness (QED) is 0.858. The van der Waals surface area contributed by atoms with Gasteiger partial charge in [0.25, 0.3) is 0 Å². The fourth-order valence-corrected chi connectivity index (χ4v) is 1.91. The molecular formula is C17H19NO3. The van der Waals surface area contributed by atoms with Gasteiger partial charge in [-0.25, -0.2) is 4.79 Å². The first-order valence-corrected chi connectivity index (χ1v) is 6.78. The Hall–Kier alpha value is -2.33. The number of carbonyl (C=O) groups excluding carboxylic acids is 1. The Morgan fingerprint density at radius 2 is 1.67 bits per heavy atom. The highest BCUT2D eigenvalue weighted by Crippen LogP contribution is 2.04. The zero-order valence-electron chi connectivity index (χ0n) is 12.6. The van der Waals surface area contributed by atoms with E-state index in [0.717, 1.165) is 5.56 Å². The van der Waals surface area contributed by atoms with Crippen LogP contribution >= 0.6 is 0 Å². The smallest absolute Gasteiger partial charge is 0.407 e. The van der Waals surface area contributed by atoms with Crippen LogP contribution in [0.4, 0.5) is 4.79 Å². The second kappa shape index (κ2) is 8.07. The van der Waals surface area contributed by atoms with Crippen LogP contribution in [0.2, 0.25) is 0 Å². The molecule has 0 heterocycles. The van der Waals surface area contributed by atoms with Gasteiger partial charge in [-0.15, -0.1) is 0 Å². The second-order valence-corrected chi connectivity index (χ2v) is 4.65. The van der Waals surface area contributed by atoms with Crippen molar-refractivity contribution in [3.8, 4) is 0 Å². The monoisotopic (exact) mass is 286 g/mol. The van der Waals surface area contributed by atoms with E-state index in [0.29, 0.717) is 12.0 Å². The maximum Gasteiger partial charge on any atom is 0.407 e. The van der Waals surface area contributed by atoms with E-state index in [2.05, 4.69) is 5.32 Å². The van der Waals surface area contributed by atoms with Crippen LogP contribution < -0.4 is 5.32 Å². The van der Waals surface area contributed by atoms with E-state index in [4.69, 9.17) is 6.11 Å². The molecule has 0 radical (unpaired) electrons. The summed E-state index contributed by atoms with van der Waals surface area (Å²) >= 11 is 0. The van der Waals surface area contributed by atoms with Gasteiger partial charge < -0.3 is 15.2 Å². The highest BCUT2D eigenvalue weighted by atomic mass is 16.5. The second-order valence-electron chi connectivity index (χ2n) is 4.65. The Labute approximate surface area is 125 Å². The van der Waals surface area contributed by atoms with Gasteiger partial charge in [0, 0.05) is 0 Å². The minimum absolute atomic E-state index is 0.196. The van der Waals surface area contributed by atoms with Crippen LogP contribution in [0.5, 0.6) is 0 Å². The van der Waals surface area contributed by atoms with Crippen LogP contribution in [-0.2, 0) is 17.7 Å². The van der Waals surface area contributed by atoms with E-state index in [1.807, 2.05) is 36.4 Å². The molecule has 1 unspecified atom stereocenters. The zero-order chi connectivity index (χ0) is 15.8. The number of nitrogens with one attached hydrogen (secondary N) is 1. The van der Waals surface area contributed by atoms with Gasteiger partial charge in [0.15, 0.2) is 0 Å². The van der Waals surface area contributed by atoms with Crippen LogP contribution in [0, 0.1) is 0 Å². The summed E-state index contributed by atoms with van der Waals surface area (Å²) in [6.07, 6.45) is -0.209. The molecule has 4 nitrogen and oxygen atoms in total. The van der Waals surface area contributed by atoms with Crippen molar-refractivity contribution in [2.75, 3.05) is 6.61 Å². The van der Waals surface area contributed by atoms with Gasteiger partial charge in [0.1, 0.15) is 6.58 Å². The normalized spacial score (nSPS) is 13.9. The fraction of sp³-hybridized carbons (Fsp3) is 0.235. The number of aliphatic hydroxyl groups excluding tert-OH is 1. The van der Waals surface area contributed by atoms with Gasteiger partial charge >= 0.3 is 6.09 Å². The Morgan fingerprint density at radius 3 is 2.24 bits per heavy atom. The van der Waals surface area contributed by atoms with Crippen molar-refractivity contribution in [3.63, 3.8) is 0 Å². The third kappa shape index (κ3) is 5.28. The van der Waals surface area contributed by atoms with Crippen molar-refractivity contribution in [1.29, 1.82) is 0 Å². The summed E-state index contributed by atoms with van der Waals surface area (Å²) < 4.78 is 12.8. The third-order valence-corrected chi connectivity index (χ3v) is 2.97. The summed E-state index contributed by atoms with van der Waals surface area (Å²) in [6, 6.07) is 17.9. The predicted molar refractivity (Wildman–Crippen MR) is 80.8 cm³/mol. The number of aliphatic hydroxyl groups is 1. The SMILES string of the molecule is [2H]C(OC(=O)N[C@H](CO)Cc1ccccc1)c1ccccc1. The number of hydrogen-bond donors (Lipinski definition) is 2. The molecule has 1 amide bonds. The van der Waals surface area contributed by atoms with Crippen LogP contribution in [0.25, 0.3) is 0 Å². The molecule has 0 aliphatic heterocycles. The standard InChI is InChI=1S/C17H19NO3/c19-12-16(11-14-7-3-1-4-8-14)18-17(20)21-13-15-9-5-2-6-10-15/h1-10,16,19H,11-13H2,(H,18,20)/t16-/m0/s1/i13D/t13?,16-. The molecule has 0 spiro atoms. The molecule has 0 saturated heterocycles. The van der Waals surface area contributed by atoms with Crippen molar-refractivity contribution in [2.24, 2.45) is 0 Å². The summed E-state index contributed by atoms with van der Waals surface area (Å²) in [6.45, 7) is -1.28. The lowest BCUT2D eigenvalue weighted by atomic mass is 10.1. The molecule has 110 valence electrons. The summed E-state index contributed by atoms with van der Waals surface area (Å²) in [5.41, 5.74) is 1.61. The van der Waals surface area contributed by atoms with Crippen LogP contribution in [0.3, 0.4) is 0 Å². The zero-order valence-corrected chi connectivity index (χ0v) is 11.6. The van der Waals surface area contributed by atoms with E-state index in [-0.39, 0.29) is 6.61 Å². The van der Waals surface area contributed by atoms with Crippen molar-refractivity contribution in [1.82, 2.24) is 5.32 Å². The molecule has 0 fully saturated rings. The number of alkyl carbamates (subject to hydrolysis) is 1. The van der Waals surface area contributed by atoms with E-state index < -0.39 is 18.7 Å². The Morgan fingerprint density at radius 1 is 1.10 bits per heavy atom. The molecule has 2 aromatic rings. The van der Waals surface area contributed by atoms with Crippen molar-refractivity contribution >= 4 is 6.09 Å². The first kappa shape index (κ1) is 13.6. The Bertz CT molecular complexity index is 577. The number of ether oxygens (including phenoxy) is 1. The molecule has 0 saturated carbocycles. The molecule has 4 heteroatoms. The lowest BCUT2D eigenvalue weighted by Crippen LogP contribution is -2.39. The molecular weight excluding hydrogens is 266 g/mol. The summed E-state index contributed by atoms with van der Waals surface area (Å²) in [7, 11) is 0. The first-order valence-electron chi connectivity index (χ1n) is 7.36. The third-order valence-electron chi connectivity index (χ3n) is 2.97. The predicted octanol–water partition coefficient (Wildman–Crippen LogP) is 2.52. The highest BCUT2D eigenvalue weighted by Gasteiger charge is 2.12. The van der Waals surface area contributed by atoms with Crippen molar-refractivity contribution in [3.05, 3.63) is 71.8 Å². The van der Waals surface area contributed by atoms with Gasteiger partial charge in [0.05, 0.1) is 14.0 Å². The van der Waals surface area contributed by atoms with Crippen LogP contribution in [0.15, 0.2) is 60.7 Å². The van der Waals surface area contributed by atoms with Crippen LogP contribution in [-0.4, -0.2) is 23.8 Å². The van der Waals surface area contributed by atoms with Gasteiger partial charge in [-0.1, -0.05) is 60.7 Å². The maximum atomic E-state index is 11.8. The van der Waals surface area contributed by atoms with Gasteiger partial charge in [-0.05, 0) is 17.5 Å². The Balaban J connectivity index is 1.87. The summed E-state index contributed by atoms with van der Waals surface area (Å²) in [5, 5.41) is 12.0. The van der Waals surface area contributed by atoms with Gasteiger partial charge in [-0.3, -0.25) is 0 Å². The van der Waals surface area contributed by atoms with Crippen molar-refractivity contribution < 1.29 is 16.0 Å². The average molecular weight is 286 g/mol. The molecule has 2 rings (SSSR count). The van der Waals surface area contributed by atoms with E-state index in [9.17, 15) is 9.90 Å². The lowest BCUT2D eigenvalue weighted by molar-refractivity contribution is 0.129. The van der Waals surface area contributed by atoms with Gasteiger partial charge in [0.2, 0.25) is 0 Å². The fourth-order valence-electron chi connectivity index (χ4n) is 1.91. The molecule has 0 aromatic heterocycles. The molecule has 2 atom stereocenters. The summed E-state index contributed by atoms with van der Waals surface area (Å²) in [4.78, 5) is 11.8. The lowest BCUT2D eigenvalue weighted by Gasteiger charge is -2.16. The molecule has 0 aliphatic rings. The number of hydrogen-bond acceptors (Lipinski definition) is 3. The minimum atomic E-state index is -1.09. The highest BCUT2D eigenvalue weighted by molar-refractivity contribution is 5.67. The summed E-state index contributed by atoms with van der Waals surface area (Å²) in [5.74, 6) is 0. The topological polar surface area (TPSA) is 58.6 Å². The van der Waals surface area contributed by atoms with E-state index >= 15 is 0 Å².